The predicted molar refractivity (Wildman–Crippen MR) is 116 cm³/mol. The molecule has 2 aliphatic rings. The highest BCUT2D eigenvalue weighted by Crippen LogP contribution is 2.28. The molecule has 1 aromatic heterocycles. The molecule has 2 atom stereocenters. The summed E-state index contributed by atoms with van der Waals surface area (Å²) in [6.45, 7) is 1.39. The number of carbonyl (C=O) groups is 1. The van der Waals surface area contributed by atoms with Gasteiger partial charge in [0.1, 0.15) is 24.2 Å². The van der Waals surface area contributed by atoms with Crippen molar-refractivity contribution in [2.24, 2.45) is 0 Å². The number of benzene rings is 2. The van der Waals surface area contributed by atoms with Gasteiger partial charge < -0.3 is 25.5 Å². The molecule has 30 heavy (non-hydrogen) atoms. The van der Waals surface area contributed by atoms with Crippen molar-refractivity contribution in [3.05, 3.63) is 64.8 Å². The average molecular weight is 405 g/mol. The van der Waals surface area contributed by atoms with E-state index in [4.69, 9.17) is 4.74 Å². The molecule has 6 nitrogen and oxygen atoms in total. The minimum Gasteiger partial charge on any atom is -0.491 e. The number of fused-ring (bicyclic) bond motifs is 4. The van der Waals surface area contributed by atoms with Crippen LogP contribution in [0.1, 0.15) is 33.6 Å². The van der Waals surface area contributed by atoms with E-state index in [-0.39, 0.29) is 12.5 Å². The molecule has 3 aromatic rings. The van der Waals surface area contributed by atoms with Crippen molar-refractivity contribution >= 4 is 16.8 Å². The number of hydrogen-bond donors (Lipinski definition) is 4. The Morgan fingerprint density at radius 3 is 2.93 bits per heavy atom. The van der Waals surface area contributed by atoms with Crippen LogP contribution in [0.5, 0.6) is 5.75 Å². The number of aliphatic hydroxyl groups excluding tert-OH is 1. The zero-order valence-corrected chi connectivity index (χ0v) is 16.9. The van der Waals surface area contributed by atoms with Gasteiger partial charge in [0.2, 0.25) is 0 Å². The van der Waals surface area contributed by atoms with E-state index in [0.29, 0.717) is 30.6 Å². The van der Waals surface area contributed by atoms with Crippen LogP contribution < -0.4 is 15.4 Å². The Bertz CT molecular complexity index is 1070. The van der Waals surface area contributed by atoms with Gasteiger partial charge in [0.25, 0.3) is 5.91 Å². The van der Waals surface area contributed by atoms with Crippen molar-refractivity contribution < 1.29 is 14.6 Å². The third-order valence-electron chi connectivity index (χ3n) is 6.20. The molecule has 1 aliphatic heterocycles. The van der Waals surface area contributed by atoms with Gasteiger partial charge in [-0.2, -0.15) is 0 Å². The van der Waals surface area contributed by atoms with Gasteiger partial charge in [-0.1, -0.05) is 24.3 Å². The zero-order chi connectivity index (χ0) is 20.5. The number of aromatic amines is 1. The fourth-order valence-electron chi connectivity index (χ4n) is 4.59. The van der Waals surface area contributed by atoms with E-state index in [1.165, 1.54) is 11.1 Å². The number of ether oxygens (including phenoxy) is 1. The van der Waals surface area contributed by atoms with E-state index in [1.807, 2.05) is 18.2 Å². The summed E-state index contributed by atoms with van der Waals surface area (Å²) in [7, 11) is 0. The summed E-state index contributed by atoms with van der Waals surface area (Å²) in [5.41, 5.74) is 5.47. The van der Waals surface area contributed by atoms with Crippen LogP contribution in [0.3, 0.4) is 0 Å². The molecule has 6 heteroatoms. The number of nitrogens with one attached hydrogen (secondary N) is 3. The fourth-order valence-corrected chi connectivity index (χ4v) is 4.59. The normalized spacial score (nSPS) is 19.1. The van der Waals surface area contributed by atoms with Crippen LogP contribution in [0.15, 0.2) is 42.5 Å². The lowest BCUT2D eigenvalue weighted by Gasteiger charge is -2.26. The Hall–Kier alpha value is -2.83. The standard InChI is InChI=1S/C24H27N3O3/c28-18(13-26-17-6-5-15-3-1-2-4-16(15)11-17)14-30-19-7-8-22-21(12-19)20-9-10-25-24(29)23(20)27-22/h1-4,7-8,12,17-18,26-28H,5-6,9-11,13-14H2,(H,25,29). The Morgan fingerprint density at radius 1 is 1.17 bits per heavy atom. The van der Waals surface area contributed by atoms with Gasteiger partial charge in [-0.15, -0.1) is 0 Å². The molecule has 0 fully saturated rings. The second-order valence-corrected chi connectivity index (χ2v) is 8.27. The Kier molecular flexibility index (Phi) is 5.19. The third-order valence-corrected chi connectivity index (χ3v) is 6.20. The largest absolute Gasteiger partial charge is 0.491 e. The SMILES string of the molecule is O=C1NCCc2c1[nH]c1ccc(OCC(O)CNC3CCc4ccccc4C3)cc21. The quantitative estimate of drug-likeness (QED) is 0.507. The summed E-state index contributed by atoms with van der Waals surface area (Å²) >= 11 is 0. The summed E-state index contributed by atoms with van der Waals surface area (Å²) in [5.74, 6) is 0.655. The number of aromatic nitrogens is 1. The van der Waals surface area contributed by atoms with Gasteiger partial charge in [-0.05, 0) is 60.6 Å². The van der Waals surface area contributed by atoms with Crippen molar-refractivity contribution in [1.29, 1.82) is 0 Å². The van der Waals surface area contributed by atoms with Crippen molar-refractivity contribution in [3.63, 3.8) is 0 Å². The zero-order valence-electron chi connectivity index (χ0n) is 16.9. The molecule has 2 heterocycles. The summed E-state index contributed by atoms with van der Waals surface area (Å²) in [4.78, 5) is 15.2. The van der Waals surface area contributed by atoms with Crippen molar-refractivity contribution in [2.45, 2.75) is 37.8 Å². The minimum atomic E-state index is -0.580. The van der Waals surface area contributed by atoms with Crippen LogP contribution in [0.25, 0.3) is 10.9 Å². The third kappa shape index (κ3) is 3.80. The Labute approximate surface area is 175 Å². The van der Waals surface area contributed by atoms with E-state index in [0.717, 1.165) is 42.1 Å². The first kappa shape index (κ1) is 19.2. The fraction of sp³-hybridized carbons (Fsp3) is 0.375. The van der Waals surface area contributed by atoms with Crippen LogP contribution in [0, 0.1) is 0 Å². The summed E-state index contributed by atoms with van der Waals surface area (Å²) in [6.07, 6.45) is 3.41. The summed E-state index contributed by atoms with van der Waals surface area (Å²) in [5, 5.41) is 17.8. The van der Waals surface area contributed by atoms with E-state index in [2.05, 4.69) is 39.9 Å². The van der Waals surface area contributed by atoms with E-state index < -0.39 is 6.10 Å². The lowest BCUT2D eigenvalue weighted by molar-refractivity contribution is 0.0942. The van der Waals surface area contributed by atoms with Crippen LogP contribution in [-0.4, -0.2) is 47.8 Å². The minimum absolute atomic E-state index is 0.0539. The number of hydrogen-bond acceptors (Lipinski definition) is 4. The maximum absolute atomic E-state index is 12.0. The molecule has 2 aromatic carbocycles. The molecular weight excluding hydrogens is 378 g/mol. The maximum atomic E-state index is 12.0. The van der Waals surface area contributed by atoms with Crippen molar-refractivity contribution in [2.75, 3.05) is 19.7 Å². The highest BCUT2D eigenvalue weighted by atomic mass is 16.5. The van der Waals surface area contributed by atoms with Crippen LogP contribution in [-0.2, 0) is 19.3 Å². The Morgan fingerprint density at radius 2 is 2.03 bits per heavy atom. The van der Waals surface area contributed by atoms with E-state index in [9.17, 15) is 9.90 Å². The van der Waals surface area contributed by atoms with Crippen molar-refractivity contribution in [1.82, 2.24) is 15.6 Å². The molecule has 4 N–H and O–H groups in total. The van der Waals surface area contributed by atoms with Gasteiger partial charge in [0.05, 0.1) is 0 Å². The van der Waals surface area contributed by atoms with Gasteiger partial charge >= 0.3 is 0 Å². The van der Waals surface area contributed by atoms with Gasteiger partial charge in [-0.25, -0.2) is 0 Å². The maximum Gasteiger partial charge on any atom is 0.268 e. The second kappa shape index (κ2) is 8.13. The summed E-state index contributed by atoms with van der Waals surface area (Å²) in [6, 6.07) is 14.8. The van der Waals surface area contributed by atoms with Crippen LogP contribution in [0.4, 0.5) is 0 Å². The van der Waals surface area contributed by atoms with Crippen molar-refractivity contribution in [3.8, 4) is 5.75 Å². The number of H-pyrrole nitrogens is 1. The molecule has 5 rings (SSSR count). The topological polar surface area (TPSA) is 86.4 Å². The number of carbonyl (C=O) groups excluding carboxylic acids is 1. The lowest BCUT2D eigenvalue weighted by atomic mass is 9.88. The van der Waals surface area contributed by atoms with Crippen LogP contribution in [0.2, 0.25) is 0 Å². The predicted octanol–water partition coefficient (Wildman–Crippen LogP) is 2.34. The van der Waals surface area contributed by atoms with Crippen LogP contribution >= 0.6 is 0 Å². The summed E-state index contributed by atoms with van der Waals surface area (Å²) < 4.78 is 5.85. The molecule has 0 radical (unpaired) electrons. The Balaban J connectivity index is 1.16. The lowest BCUT2D eigenvalue weighted by Crippen LogP contribution is -2.40. The molecule has 2 unspecified atom stereocenters. The molecule has 0 saturated carbocycles. The van der Waals surface area contributed by atoms with Gasteiger partial charge in [0, 0.05) is 30.0 Å². The number of rotatable bonds is 6. The van der Waals surface area contributed by atoms with Gasteiger partial charge in [0.15, 0.2) is 0 Å². The molecule has 156 valence electrons. The number of amides is 1. The first-order valence-electron chi connectivity index (χ1n) is 10.7. The molecule has 0 saturated heterocycles. The van der Waals surface area contributed by atoms with Gasteiger partial charge in [-0.3, -0.25) is 4.79 Å². The number of aryl methyl sites for hydroxylation is 1. The molecular formula is C24H27N3O3. The number of aliphatic hydroxyl groups is 1. The molecule has 1 aliphatic carbocycles. The second-order valence-electron chi connectivity index (χ2n) is 8.27. The molecule has 0 bridgehead atoms. The first-order valence-corrected chi connectivity index (χ1v) is 10.7. The average Bonchev–Trinajstić information content (AvgIpc) is 3.15. The van der Waals surface area contributed by atoms with E-state index in [1.54, 1.807) is 0 Å². The smallest absolute Gasteiger partial charge is 0.268 e. The molecule has 0 spiro atoms. The highest BCUT2D eigenvalue weighted by molar-refractivity contribution is 6.02. The molecule has 1 amide bonds. The monoisotopic (exact) mass is 405 g/mol. The van der Waals surface area contributed by atoms with E-state index >= 15 is 0 Å². The first-order chi connectivity index (χ1) is 14.7. The highest BCUT2D eigenvalue weighted by Gasteiger charge is 2.22.